The SMILES string of the molecule is COc1ccc(-n2cnc(N)c2)cc1C(=O)CCO.Cl. The number of ketones is 1. The maximum atomic E-state index is 11.9. The monoisotopic (exact) mass is 297 g/mol. The fourth-order valence-corrected chi connectivity index (χ4v) is 1.79. The summed E-state index contributed by atoms with van der Waals surface area (Å²) in [5.41, 5.74) is 6.75. The van der Waals surface area contributed by atoms with Crippen LogP contribution < -0.4 is 10.5 Å². The molecule has 0 radical (unpaired) electrons. The highest BCUT2D eigenvalue weighted by molar-refractivity contribution is 5.99. The number of methoxy groups -OCH3 is 1. The maximum Gasteiger partial charge on any atom is 0.168 e. The van der Waals surface area contributed by atoms with Crippen molar-refractivity contribution in [3.63, 3.8) is 0 Å². The summed E-state index contributed by atoms with van der Waals surface area (Å²) >= 11 is 0. The first kappa shape index (κ1) is 16.0. The normalized spacial score (nSPS) is 9.90. The molecule has 0 saturated carbocycles. The number of nitrogens with zero attached hydrogens (tertiary/aromatic N) is 2. The molecule has 3 N–H and O–H groups in total. The Morgan fingerprint density at radius 1 is 1.50 bits per heavy atom. The minimum Gasteiger partial charge on any atom is -0.496 e. The van der Waals surface area contributed by atoms with Gasteiger partial charge in [0.2, 0.25) is 0 Å². The Balaban J connectivity index is 0.00000200. The molecule has 0 aliphatic heterocycles. The fourth-order valence-electron chi connectivity index (χ4n) is 1.79. The first-order valence-corrected chi connectivity index (χ1v) is 5.77. The zero-order valence-corrected chi connectivity index (χ0v) is 11.8. The van der Waals surface area contributed by atoms with E-state index in [1.54, 1.807) is 35.3 Å². The van der Waals surface area contributed by atoms with Crippen LogP contribution in [0.4, 0.5) is 5.82 Å². The van der Waals surface area contributed by atoms with E-state index in [0.717, 1.165) is 5.69 Å². The van der Waals surface area contributed by atoms with Crippen molar-refractivity contribution in [2.75, 3.05) is 19.5 Å². The quantitative estimate of drug-likeness (QED) is 0.815. The number of nitrogens with two attached hydrogens (primary N) is 1. The summed E-state index contributed by atoms with van der Waals surface area (Å²) in [5, 5.41) is 8.86. The van der Waals surface area contributed by atoms with Gasteiger partial charge in [0.05, 0.1) is 25.5 Å². The first-order valence-electron chi connectivity index (χ1n) is 5.77. The van der Waals surface area contributed by atoms with Crippen LogP contribution in [0.5, 0.6) is 5.75 Å². The smallest absolute Gasteiger partial charge is 0.168 e. The summed E-state index contributed by atoms with van der Waals surface area (Å²) in [6.07, 6.45) is 3.28. The predicted octanol–water partition coefficient (Wildman–Crippen LogP) is 1.45. The van der Waals surface area contributed by atoms with Crippen molar-refractivity contribution in [2.45, 2.75) is 6.42 Å². The number of imidazole rings is 1. The van der Waals surface area contributed by atoms with Gasteiger partial charge in [-0.05, 0) is 18.2 Å². The van der Waals surface area contributed by atoms with E-state index in [-0.39, 0.29) is 31.2 Å². The number of aliphatic hydroxyl groups excluding tert-OH is 1. The Morgan fingerprint density at radius 2 is 2.25 bits per heavy atom. The van der Waals surface area contributed by atoms with Gasteiger partial charge in [-0.15, -0.1) is 12.4 Å². The number of rotatable bonds is 5. The average molecular weight is 298 g/mol. The van der Waals surface area contributed by atoms with E-state index in [0.29, 0.717) is 17.1 Å². The summed E-state index contributed by atoms with van der Waals surface area (Å²) in [6.45, 7) is -0.190. The molecule has 1 aromatic carbocycles. The zero-order chi connectivity index (χ0) is 13.8. The lowest BCUT2D eigenvalue weighted by molar-refractivity contribution is 0.0953. The van der Waals surface area contributed by atoms with Crippen LogP contribution >= 0.6 is 12.4 Å². The van der Waals surface area contributed by atoms with Crippen molar-refractivity contribution in [3.8, 4) is 11.4 Å². The third-order valence-electron chi connectivity index (χ3n) is 2.72. The van der Waals surface area contributed by atoms with Crippen LogP contribution in [0, 0.1) is 0 Å². The number of carbonyl (C=O) groups is 1. The molecule has 0 bridgehead atoms. The van der Waals surface area contributed by atoms with Gasteiger partial charge in [-0.3, -0.25) is 4.79 Å². The van der Waals surface area contributed by atoms with E-state index < -0.39 is 0 Å². The number of hydrogen-bond acceptors (Lipinski definition) is 5. The number of aromatic nitrogens is 2. The van der Waals surface area contributed by atoms with Gasteiger partial charge in [-0.25, -0.2) is 4.98 Å². The lowest BCUT2D eigenvalue weighted by atomic mass is 10.1. The van der Waals surface area contributed by atoms with Crippen molar-refractivity contribution in [3.05, 3.63) is 36.3 Å². The number of hydrogen-bond donors (Lipinski definition) is 2. The molecule has 0 saturated heterocycles. The van der Waals surface area contributed by atoms with Gasteiger partial charge in [0.15, 0.2) is 5.78 Å². The Bertz CT molecular complexity index is 598. The lowest BCUT2D eigenvalue weighted by Gasteiger charge is -2.10. The summed E-state index contributed by atoms with van der Waals surface area (Å²) in [6, 6.07) is 5.20. The summed E-state index contributed by atoms with van der Waals surface area (Å²) < 4.78 is 6.87. The molecule has 7 heteroatoms. The van der Waals surface area contributed by atoms with Gasteiger partial charge in [0, 0.05) is 12.1 Å². The molecule has 0 aliphatic carbocycles. The zero-order valence-electron chi connectivity index (χ0n) is 10.9. The van der Waals surface area contributed by atoms with E-state index in [9.17, 15) is 4.79 Å². The van der Waals surface area contributed by atoms with E-state index in [4.69, 9.17) is 15.6 Å². The largest absolute Gasteiger partial charge is 0.496 e. The van der Waals surface area contributed by atoms with Gasteiger partial charge >= 0.3 is 0 Å². The van der Waals surface area contributed by atoms with Crippen molar-refractivity contribution in [1.29, 1.82) is 0 Å². The maximum absolute atomic E-state index is 11.9. The number of Topliss-reactive ketones (excluding diaryl/α,β-unsaturated/α-hetero) is 1. The second-order valence-electron chi connectivity index (χ2n) is 3.99. The number of anilines is 1. The molecule has 2 rings (SSSR count). The van der Waals surface area contributed by atoms with Crippen LogP contribution in [-0.2, 0) is 0 Å². The molecule has 0 atom stereocenters. The number of ether oxygens (including phenoxy) is 1. The topological polar surface area (TPSA) is 90.4 Å². The Kier molecular flexibility index (Phi) is 5.54. The predicted molar refractivity (Wildman–Crippen MR) is 77.8 cm³/mol. The van der Waals surface area contributed by atoms with Crippen LogP contribution in [0.25, 0.3) is 5.69 Å². The van der Waals surface area contributed by atoms with Crippen molar-refractivity contribution < 1.29 is 14.6 Å². The Hall–Kier alpha value is -2.05. The highest BCUT2D eigenvalue weighted by Gasteiger charge is 2.13. The van der Waals surface area contributed by atoms with Gasteiger partial charge in [-0.2, -0.15) is 0 Å². The highest BCUT2D eigenvalue weighted by atomic mass is 35.5. The fraction of sp³-hybridized carbons (Fsp3) is 0.231. The minimum atomic E-state index is -0.190. The number of halogens is 1. The molecule has 20 heavy (non-hydrogen) atoms. The molecule has 0 fully saturated rings. The molecule has 1 aromatic heterocycles. The van der Waals surface area contributed by atoms with Crippen molar-refractivity contribution >= 4 is 24.0 Å². The lowest BCUT2D eigenvalue weighted by Crippen LogP contribution is -2.05. The number of aliphatic hydroxyl groups is 1. The van der Waals surface area contributed by atoms with E-state index >= 15 is 0 Å². The van der Waals surface area contributed by atoms with Crippen LogP contribution in [0.15, 0.2) is 30.7 Å². The third-order valence-corrected chi connectivity index (χ3v) is 2.72. The van der Waals surface area contributed by atoms with Gasteiger partial charge < -0.3 is 20.1 Å². The second-order valence-corrected chi connectivity index (χ2v) is 3.99. The average Bonchev–Trinajstić information content (AvgIpc) is 2.85. The Morgan fingerprint density at radius 3 is 2.80 bits per heavy atom. The van der Waals surface area contributed by atoms with Crippen LogP contribution in [0.2, 0.25) is 0 Å². The summed E-state index contributed by atoms with van der Waals surface area (Å²) in [5.74, 6) is 0.712. The van der Waals surface area contributed by atoms with E-state index in [1.165, 1.54) is 7.11 Å². The molecule has 0 unspecified atom stereocenters. The molecule has 0 spiro atoms. The molecule has 6 nitrogen and oxygen atoms in total. The Labute approximate surface area is 122 Å². The van der Waals surface area contributed by atoms with Crippen LogP contribution in [0.1, 0.15) is 16.8 Å². The van der Waals surface area contributed by atoms with Crippen molar-refractivity contribution in [2.24, 2.45) is 0 Å². The minimum absolute atomic E-state index is 0. The van der Waals surface area contributed by atoms with Crippen LogP contribution in [0.3, 0.4) is 0 Å². The molecule has 2 aromatic rings. The molecule has 108 valence electrons. The van der Waals surface area contributed by atoms with Crippen LogP contribution in [-0.4, -0.2) is 34.2 Å². The standard InChI is InChI=1S/C13H15N3O3.ClH/c1-19-12-3-2-9(16-7-13(14)15-8-16)6-10(12)11(18)4-5-17;/h2-3,6-8,17H,4-5,14H2,1H3;1H. The number of nitrogen functional groups attached to an aromatic ring is 1. The molecule has 0 amide bonds. The molecule has 0 aliphatic rings. The second kappa shape index (κ2) is 6.93. The molecule has 1 heterocycles. The van der Waals surface area contributed by atoms with Gasteiger partial charge in [0.1, 0.15) is 17.9 Å². The molecular formula is C13H16ClN3O3. The van der Waals surface area contributed by atoms with Crippen molar-refractivity contribution in [1.82, 2.24) is 9.55 Å². The third kappa shape index (κ3) is 3.28. The highest BCUT2D eigenvalue weighted by Crippen LogP contribution is 2.23. The van der Waals surface area contributed by atoms with Gasteiger partial charge in [-0.1, -0.05) is 0 Å². The number of benzene rings is 1. The van der Waals surface area contributed by atoms with E-state index in [1.807, 2.05) is 0 Å². The number of carbonyl (C=O) groups excluding carboxylic acids is 1. The van der Waals surface area contributed by atoms with E-state index in [2.05, 4.69) is 4.98 Å². The first-order chi connectivity index (χ1) is 9.15. The van der Waals surface area contributed by atoms with Gasteiger partial charge in [0.25, 0.3) is 0 Å². The molecular weight excluding hydrogens is 282 g/mol. The summed E-state index contributed by atoms with van der Waals surface area (Å²) in [7, 11) is 1.50. The summed E-state index contributed by atoms with van der Waals surface area (Å²) in [4.78, 5) is 15.9.